The fourth-order valence-corrected chi connectivity index (χ4v) is 1.26. The minimum Gasteiger partial charge on any atom is -0.505 e. The average Bonchev–Trinajstić information content (AvgIpc) is 2.01. The summed E-state index contributed by atoms with van der Waals surface area (Å²) in [6.07, 6.45) is 3.04. The zero-order valence-electron chi connectivity index (χ0n) is 8.13. The molecule has 1 rings (SSSR count). The van der Waals surface area contributed by atoms with Gasteiger partial charge < -0.3 is 5.11 Å². The molecule has 68 valence electrons. The van der Waals surface area contributed by atoms with Crippen LogP contribution in [0.4, 0.5) is 0 Å². The predicted octanol–water partition coefficient (Wildman–Crippen LogP) is 2.02. The maximum atomic E-state index is 9.36. The minimum atomic E-state index is -1.36. The predicted molar refractivity (Wildman–Crippen MR) is 56.1 cm³/mol. The van der Waals surface area contributed by atoms with Crippen LogP contribution < -0.4 is 0 Å². The van der Waals surface area contributed by atoms with E-state index in [0.717, 1.165) is 0 Å². The normalized spacial score (nSPS) is 10.4. The van der Waals surface area contributed by atoms with Crippen molar-refractivity contribution in [2.45, 2.75) is 19.6 Å². The topological polar surface area (TPSA) is 33.1 Å². The monoisotopic (exact) mass is 191 g/mol. The molecule has 1 aromatic rings. The van der Waals surface area contributed by atoms with Gasteiger partial charge in [-0.25, -0.2) is 0 Å². The molecule has 0 aliphatic carbocycles. The first-order valence-corrected chi connectivity index (χ1v) is 7.65. The molecule has 0 saturated carbocycles. The van der Waals surface area contributed by atoms with Crippen LogP contribution in [-0.4, -0.2) is 18.2 Å². The molecule has 1 aromatic heterocycles. The Morgan fingerprint density at radius 2 is 2.08 bits per heavy atom. The van der Waals surface area contributed by atoms with E-state index in [4.69, 9.17) is 0 Å². The zero-order chi connectivity index (χ0) is 9.90. The van der Waals surface area contributed by atoms with Crippen LogP contribution >= 0.6 is 0 Å². The van der Waals surface area contributed by atoms with Crippen LogP contribution in [0.1, 0.15) is 5.56 Å². The maximum absolute atomic E-state index is 9.36. The molecule has 13 heavy (non-hydrogen) atoms. The lowest BCUT2D eigenvalue weighted by Crippen LogP contribution is -2.16. The molecule has 0 amide bonds. The van der Waals surface area contributed by atoms with E-state index in [1.54, 1.807) is 12.3 Å². The van der Waals surface area contributed by atoms with E-state index in [1.165, 1.54) is 6.20 Å². The molecule has 0 bridgehead atoms. The molecular weight excluding hydrogens is 178 g/mol. The summed E-state index contributed by atoms with van der Waals surface area (Å²) in [6.45, 7) is 6.49. The molecular formula is C10H13NOSi. The summed E-state index contributed by atoms with van der Waals surface area (Å²) in [7, 11) is -1.36. The Labute approximate surface area is 79.7 Å². The Morgan fingerprint density at radius 1 is 1.38 bits per heavy atom. The van der Waals surface area contributed by atoms with Gasteiger partial charge in [-0.15, -0.1) is 5.54 Å². The number of hydrogen-bond donors (Lipinski definition) is 1. The lowest BCUT2D eigenvalue weighted by Gasteiger charge is -2.03. The summed E-state index contributed by atoms with van der Waals surface area (Å²) in [5.41, 5.74) is 3.84. The lowest BCUT2D eigenvalue weighted by atomic mass is 10.3. The number of hydrogen-bond acceptors (Lipinski definition) is 2. The molecule has 0 atom stereocenters. The van der Waals surface area contributed by atoms with E-state index < -0.39 is 8.07 Å². The SMILES string of the molecule is C[Si](C)(C)C#Cc1ccncc1O. The van der Waals surface area contributed by atoms with Crippen LogP contribution in [0, 0.1) is 11.5 Å². The Morgan fingerprint density at radius 3 is 2.62 bits per heavy atom. The van der Waals surface area contributed by atoms with Gasteiger partial charge in [0.05, 0.1) is 11.8 Å². The van der Waals surface area contributed by atoms with Crippen molar-refractivity contribution in [2.75, 3.05) is 0 Å². The van der Waals surface area contributed by atoms with Crippen LogP contribution in [-0.2, 0) is 0 Å². The molecule has 1 N–H and O–H groups in total. The van der Waals surface area contributed by atoms with Crippen LogP contribution in [0.25, 0.3) is 0 Å². The third-order valence-electron chi connectivity index (χ3n) is 1.37. The van der Waals surface area contributed by atoms with E-state index in [0.29, 0.717) is 5.56 Å². The molecule has 0 fully saturated rings. The largest absolute Gasteiger partial charge is 0.505 e. The Kier molecular flexibility index (Phi) is 2.74. The minimum absolute atomic E-state index is 0.160. The van der Waals surface area contributed by atoms with Crippen LogP contribution in [0.3, 0.4) is 0 Å². The number of aromatic hydroxyl groups is 1. The van der Waals surface area contributed by atoms with Gasteiger partial charge in [-0.05, 0) is 6.07 Å². The fourth-order valence-electron chi connectivity index (χ4n) is 0.747. The quantitative estimate of drug-likeness (QED) is 0.502. The molecule has 0 spiro atoms. The molecule has 0 radical (unpaired) electrons. The smallest absolute Gasteiger partial charge is 0.149 e. The van der Waals surface area contributed by atoms with Crippen LogP contribution in [0.2, 0.25) is 19.6 Å². The van der Waals surface area contributed by atoms with E-state index in [1.807, 2.05) is 0 Å². The first kappa shape index (κ1) is 9.81. The summed E-state index contributed by atoms with van der Waals surface area (Å²) >= 11 is 0. The fraction of sp³-hybridized carbons (Fsp3) is 0.300. The van der Waals surface area contributed by atoms with Gasteiger partial charge in [-0.3, -0.25) is 4.98 Å². The third kappa shape index (κ3) is 3.30. The Hall–Kier alpha value is -1.27. The highest BCUT2D eigenvalue weighted by Gasteiger charge is 2.07. The van der Waals surface area contributed by atoms with E-state index >= 15 is 0 Å². The molecule has 0 aliphatic rings. The standard InChI is InChI=1S/C10H13NOSi/c1-13(2,3)7-5-9-4-6-11-8-10(9)12/h4,6,8,12H,1-3H3. The Bertz CT molecular complexity index is 357. The number of nitrogens with zero attached hydrogens (tertiary/aromatic N) is 1. The summed E-state index contributed by atoms with van der Waals surface area (Å²) in [4.78, 5) is 3.78. The molecule has 3 heteroatoms. The van der Waals surface area contributed by atoms with Gasteiger partial charge in [-0.2, -0.15) is 0 Å². The number of aromatic nitrogens is 1. The number of rotatable bonds is 0. The van der Waals surface area contributed by atoms with Gasteiger partial charge in [0.25, 0.3) is 0 Å². The van der Waals surface area contributed by atoms with Gasteiger partial charge in [0.1, 0.15) is 13.8 Å². The van der Waals surface area contributed by atoms with Crippen molar-refractivity contribution >= 4 is 8.07 Å². The molecule has 2 nitrogen and oxygen atoms in total. The highest BCUT2D eigenvalue weighted by atomic mass is 28.3. The molecule has 1 heterocycles. The molecule has 0 aromatic carbocycles. The molecule has 0 saturated heterocycles. The highest BCUT2D eigenvalue weighted by molar-refractivity contribution is 6.83. The van der Waals surface area contributed by atoms with Crippen molar-refractivity contribution in [2.24, 2.45) is 0 Å². The van der Waals surface area contributed by atoms with E-state index in [-0.39, 0.29) is 5.75 Å². The van der Waals surface area contributed by atoms with Crippen molar-refractivity contribution in [3.05, 3.63) is 24.0 Å². The lowest BCUT2D eigenvalue weighted by molar-refractivity contribution is 0.471. The van der Waals surface area contributed by atoms with Crippen molar-refractivity contribution in [1.82, 2.24) is 4.98 Å². The number of pyridine rings is 1. The molecule has 0 aliphatic heterocycles. The molecule has 0 unspecified atom stereocenters. The summed E-state index contributed by atoms with van der Waals surface area (Å²) < 4.78 is 0. The van der Waals surface area contributed by atoms with Gasteiger partial charge >= 0.3 is 0 Å². The van der Waals surface area contributed by atoms with E-state index in [9.17, 15) is 5.11 Å². The van der Waals surface area contributed by atoms with Gasteiger partial charge in [-0.1, -0.05) is 25.6 Å². The summed E-state index contributed by atoms with van der Waals surface area (Å²) in [5, 5.41) is 9.36. The van der Waals surface area contributed by atoms with Gasteiger partial charge in [0, 0.05) is 6.20 Å². The second kappa shape index (κ2) is 3.63. The Balaban J connectivity index is 2.97. The first-order valence-electron chi connectivity index (χ1n) is 4.15. The van der Waals surface area contributed by atoms with Crippen molar-refractivity contribution in [3.63, 3.8) is 0 Å². The van der Waals surface area contributed by atoms with Crippen molar-refractivity contribution in [3.8, 4) is 17.2 Å². The zero-order valence-corrected chi connectivity index (χ0v) is 9.13. The first-order chi connectivity index (χ1) is 5.99. The van der Waals surface area contributed by atoms with Crippen LogP contribution in [0.15, 0.2) is 18.5 Å². The second-order valence-electron chi connectivity index (χ2n) is 3.89. The van der Waals surface area contributed by atoms with Gasteiger partial charge in [0.15, 0.2) is 0 Å². The van der Waals surface area contributed by atoms with Crippen molar-refractivity contribution in [1.29, 1.82) is 0 Å². The van der Waals surface area contributed by atoms with E-state index in [2.05, 4.69) is 36.1 Å². The van der Waals surface area contributed by atoms with Crippen LogP contribution in [0.5, 0.6) is 5.75 Å². The second-order valence-corrected chi connectivity index (χ2v) is 8.64. The average molecular weight is 191 g/mol. The van der Waals surface area contributed by atoms with Crippen molar-refractivity contribution < 1.29 is 5.11 Å². The third-order valence-corrected chi connectivity index (χ3v) is 2.25. The highest BCUT2D eigenvalue weighted by Crippen LogP contribution is 2.12. The maximum Gasteiger partial charge on any atom is 0.149 e. The summed E-state index contributed by atoms with van der Waals surface area (Å²) in [6, 6.07) is 1.72. The van der Waals surface area contributed by atoms with Gasteiger partial charge in [0.2, 0.25) is 0 Å². The summed E-state index contributed by atoms with van der Waals surface area (Å²) in [5.74, 6) is 3.14.